The summed E-state index contributed by atoms with van der Waals surface area (Å²) >= 11 is 0. The molecule has 0 heterocycles. The van der Waals surface area contributed by atoms with Crippen LogP contribution in [-0.4, -0.2) is 18.0 Å². The molecule has 3 heteroatoms. The van der Waals surface area contributed by atoms with Gasteiger partial charge in [0.15, 0.2) is 5.78 Å². The van der Waals surface area contributed by atoms with Gasteiger partial charge < -0.3 is 9.84 Å². The maximum absolute atomic E-state index is 12.0. The van der Waals surface area contributed by atoms with Gasteiger partial charge in [-0.25, -0.2) is 0 Å². The summed E-state index contributed by atoms with van der Waals surface area (Å²) in [5.74, 6) is 0.766. The lowest BCUT2D eigenvalue weighted by molar-refractivity contribution is -0.116. The third-order valence-electron chi connectivity index (χ3n) is 3.76. The average Bonchev–Trinajstić information content (AvgIpc) is 2.48. The second kappa shape index (κ2) is 7.25. The third kappa shape index (κ3) is 4.20. The van der Waals surface area contributed by atoms with E-state index in [1.807, 2.05) is 0 Å². The third-order valence-corrected chi connectivity index (χ3v) is 3.76. The van der Waals surface area contributed by atoms with Crippen LogP contribution in [0.3, 0.4) is 0 Å². The Kier molecular flexibility index (Phi) is 5.36. The van der Waals surface area contributed by atoms with Crippen LogP contribution >= 0.6 is 0 Å². The molecule has 0 bridgehead atoms. The number of aliphatic hydroxyl groups excluding tert-OH is 1. The minimum Gasteiger partial charge on any atom is -0.497 e. The summed E-state index contributed by atoms with van der Waals surface area (Å²) in [6.45, 7) is 0. The predicted molar refractivity (Wildman–Crippen MR) is 78.7 cm³/mol. The number of allylic oxidation sites excluding steroid dienone is 2. The fourth-order valence-electron chi connectivity index (χ4n) is 2.57. The summed E-state index contributed by atoms with van der Waals surface area (Å²) in [4.78, 5) is 12.0. The Morgan fingerprint density at radius 3 is 2.50 bits per heavy atom. The molecule has 0 aliphatic heterocycles. The van der Waals surface area contributed by atoms with Gasteiger partial charge in [-0.15, -0.1) is 0 Å². The molecule has 0 amide bonds. The van der Waals surface area contributed by atoms with E-state index in [1.54, 1.807) is 37.5 Å². The minimum atomic E-state index is -0.742. The van der Waals surface area contributed by atoms with Crippen molar-refractivity contribution in [3.05, 3.63) is 41.5 Å². The van der Waals surface area contributed by atoms with Crippen molar-refractivity contribution in [2.45, 2.75) is 44.6 Å². The Balaban J connectivity index is 1.92. The van der Waals surface area contributed by atoms with E-state index in [-0.39, 0.29) is 12.2 Å². The predicted octanol–water partition coefficient (Wildman–Crippen LogP) is 3.58. The van der Waals surface area contributed by atoms with Gasteiger partial charge in [-0.3, -0.25) is 4.79 Å². The molecule has 1 aromatic rings. The van der Waals surface area contributed by atoms with Crippen LogP contribution < -0.4 is 4.74 Å². The molecule has 0 saturated heterocycles. The van der Waals surface area contributed by atoms with Crippen LogP contribution in [0.5, 0.6) is 5.75 Å². The maximum atomic E-state index is 12.0. The van der Waals surface area contributed by atoms with Crippen molar-refractivity contribution < 1.29 is 14.6 Å². The van der Waals surface area contributed by atoms with Crippen molar-refractivity contribution in [3.8, 4) is 5.75 Å². The number of rotatable bonds is 5. The lowest BCUT2D eigenvalue weighted by Gasteiger charge is -2.14. The van der Waals surface area contributed by atoms with Crippen LogP contribution in [0.4, 0.5) is 0 Å². The highest BCUT2D eigenvalue weighted by molar-refractivity contribution is 5.90. The molecule has 1 aromatic carbocycles. The molecule has 1 aliphatic carbocycles. The fraction of sp³-hybridized carbons (Fsp3) is 0.471. The van der Waals surface area contributed by atoms with Crippen molar-refractivity contribution in [3.63, 3.8) is 0 Å². The van der Waals surface area contributed by atoms with Crippen molar-refractivity contribution in [1.82, 2.24) is 0 Å². The zero-order valence-corrected chi connectivity index (χ0v) is 12.0. The number of hydrogen-bond acceptors (Lipinski definition) is 3. The van der Waals surface area contributed by atoms with E-state index in [1.165, 1.54) is 24.8 Å². The highest BCUT2D eigenvalue weighted by atomic mass is 16.5. The number of aliphatic hydroxyl groups is 1. The second-order valence-corrected chi connectivity index (χ2v) is 5.32. The number of methoxy groups -OCH3 is 1. The molecule has 1 fully saturated rings. The molecular weight excluding hydrogens is 252 g/mol. The standard InChI is InChI=1S/C17H22O3/c1-20-16-9-7-14(8-10-16)17(19)12-15(18)11-13-5-3-2-4-6-13/h7-11,17,19H,2-6,12H2,1H3. The molecule has 0 radical (unpaired) electrons. The van der Waals surface area contributed by atoms with E-state index < -0.39 is 6.10 Å². The molecule has 1 aliphatic rings. The lowest BCUT2D eigenvalue weighted by Crippen LogP contribution is -2.06. The Bertz CT molecular complexity index is 466. The van der Waals surface area contributed by atoms with E-state index >= 15 is 0 Å². The first-order valence-electron chi connectivity index (χ1n) is 7.23. The molecule has 0 spiro atoms. The van der Waals surface area contributed by atoms with Crippen LogP contribution in [0.15, 0.2) is 35.9 Å². The molecule has 1 atom stereocenters. The highest BCUT2D eigenvalue weighted by Crippen LogP contribution is 2.24. The molecule has 108 valence electrons. The molecule has 2 rings (SSSR count). The van der Waals surface area contributed by atoms with Gasteiger partial charge in [0.2, 0.25) is 0 Å². The Labute approximate surface area is 120 Å². The van der Waals surface area contributed by atoms with Gasteiger partial charge in [-0.2, -0.15) is 0 Å². The monoisotopic (exact) mass is 274 g/mol. The lowest BCUT2D eigenvalue weighted by atomic mass is 9.93. The summed E-state index contributed by atoms with van der Waals surface area (Å²) in [6.07, 6.45) is 6.84. The molecule has 1 saturated carbocycles. The van der Waals surface area contributed by atoms with Crippen molar-refractivity contribution in [2.24, 2.45) is 0 Å². The quantitative estimate of drug-likeness (QED) is 0.835. The van der Waals surface area contributed by atoms with Crippen LogP contribution in [0.2, 0.25) is 0 Å². The fourth-order valence-corrected chi connectivity index (χ4v) is 2.57. The maximum Gasteiger partial charge on any atom is 0.158 e. The Morgan fingerprint density at radius 2 is 1.90 bits per heavy atom. The van der Waals surface area contributed by atoms with E-state index in [0.29, 0.717) is 0 Å². The van der Waals surface area contributed by atoms with Crippen LogP contribution in [-0.2, 0) is 4.79 Å². The van der Waals surface area contributed by atoms with Gasteiger partial charge in [0, 0.05) is 6.42 Å². The molecule has 3 nitrogen and oxygen atoms in total. The summed E-state index contributed by atoms with van der Waals surface area (Å²) in [5.41, 5.74) is 1.99. The normalized spacial score (nSPS) is 16.6. The first-order chi connectivity index (χ1) is 9.69. The number of carbonyl (C=O) groups is 1. The van der Waals surface area contributed by atoms with E-state index in [2.05, 4.69) is 0 Å². The average molecular weight is 274 g/mol. The summed E-state index contributed by atoms with van der Waals surface area (Å²) < 4.78 is 5.07. The number of carbonyl (C=O) groups excluding carboxylic acids is 1. The van der Waals surface area contributed by atoms with Gasteiger partial charge in [0.25, 0.3) is 0 Å². The molecule has 0 aromatic heterocycles. The van der Waals surface area contributed by atoms with E-state index in [0.717, 1.165) is 24.2 Å². The van der Waals surface area contributed by atoms with E-state index in [4.69, 9.17) is 4.74 Å². The highest BCUT2D eigenvalue weighted by Gasteiger charge is 2.13. The van der Waals surface area contributed by atoms with Gasteiger partial charge >= 0.3 is 0 Å². The molecule has 1 N–H and O–H groups in total. The second-order valence-electron chi connectivity index (χ2n) is 5.32. The van der Waals surface area contributed by atoms with Gasteiger partial charge in [0.05, 0.1) is 13.2 Å². The Hall–Kier alpha value is -1.61. The summed E-state index contributed by atoms with van der Waals surface area (Å²) in [5, 5.41) is 10.1. The van der Waals surface area contributed by atoms with Gasteiger partial charge in [0.1, 0.15) is 5.75 Å². The van der Waals surface area contributed by atoms with Crippen LogP contribution in [0.1, 0.15) is 50.2 Å². The largest absolute Gasteiger partial charge is 0.497 e. The minimum absolute atomic E-state index is 0.0187. The van der Waals surface area contributed by atoms with Gasteiger partial charge in [-0.05, 0) is 49.5 Å². The number of benzene rings is 1. The summed E-state index contributed by atoms with van der Waals surface area (Å²) in [7, 11) is 1.60. The SMILES string of the molecule is COc1ccc(C(O)CC(=O)C=C2CCCCC2)cc1. The molecule has 20 heavy (non-hydrogen) atoms. The zero-order valence-electron chi connectivity index (χ0n) is 12.0. The first-order valence-corrected chi connectivity index (χ1v) is 7.23. The number of ether oxygens (including phenoxy) is 1. The van der Waals surface area contributed by atoms with Crippen LogP contribution in [0.25, 0.3) is 0 Å². The van der Waals surface area contributed by atoms with Gasteiger partial charge in [-0.1, -0.05) is 24.1 Å². The smallest absolute Gasteiger partial charge is 0.158 e. The van der Waals surface area contributed by atoms with E-state index in [9.17, 15) is 9.90 Å². The number of hydrogen-bond donors (Lipinski definition) is 1. The van der Waals surface area contributed by atoms with Crippen molar-refractivity contribution in [2.75, 3.05) is 7.11 Å². The summed E-state index contributed by atoms with van der Waals surface area (Å²) in [6, 6.07) is 7.18. The van der Waals surface area contributed by atoms with Crippen LogP contribution in [0, 0.1) is 0 Å². The Morgan fingerprint density at radius 1 is 1.25 bits per heavy atom. The molecular formula is C17H22O3. The number of ketones is 1. The van der Waals surface area contributed by atoms with Crippen molar-refractivity contribution in [1.29, 1.82) is 0 Å². The van der Waals surface area contributed by atoms with Crippen molar-refractivity contribution >= 4 is 5.78 Å². The topological polar surface area (TPSA) is 46.5 Å². The first kappa shape index (κ1) is 14.8. The molecule has 1 unspecified atom stereocenters. The zero-order chi connectivity index (χ0) is 14.4.